The first-order chi connectivity index (χ1) is 10.1. The Morgan fingerprint density at radius 1 is 1.43 bits per heavy atom. The number of hydrogen-bond acceptors (Lipinski definition) is 5. The Labute approximate surface area is 125 Å². The molecule has 21 heavy (non-hydrogen) atoms. The number of nitrogens with zero attached hydrogens (tertiary/aromatic N) is 2. The van der Waals surface area contributed by atoms with Crippen LogP contribution < -0.4 is 16.2 Å². The lowest BCUT2D eigenvalue weighted by Crippen LogP contribution is -2.16. The van der Waals surface area contributed by atoms with E-state index in [-0.39, 0.29) is 11.4 Å². The number of nitrogens with one attached hydrogen (secondary N) is 3. The quantitative estimate of drug-likeness (QED) is 0.783. The van der Waals surface area contributed by atoms with Crippen LogP contribution in [0.5, 0.6) is 0 Å². The molecule has 0 saturated carbocycles. The number of carbonyl (C=O) groups excluding carboxylic acids is 1. The minimum Gasteiger partial charge on any atom is -0.369 e. The van der Waals surface area contributed by atoms with Gasteiger partial charge in [-0.05, 0) is 18.6 Å². The summed E-state index contributed by atoms with van der Waals surface area (Å²) in [6, 6.07) is 4.20. The monoisotopic (exact) mass is 307 g/mol. The number of amides is 1. The number of aromatic nitrogens is 3. The van der Waals surface area contributed by atoms with Gasteiger partial charge in [-0.25, -0.2) is 10.1 Å². The highest BCUT2D eigenvalue weighted by Crippen LogP contribution is 2.20. The smallest absolute Gasteiger partial charge is 0.264 e. The molecule has 0 fully saturated rings. The molecule has 0 spiro atoms. The molecule has 0 aliphatic heterocycles. The van der Waals surface area contributed by atoms with Gasteiger partial charge in [0.15, 0.2) is 5.82 Å². The second kappa shape index (κ2) is 6.85. The van der Waals surface area contributed by atoms with Crippen molar-refractivity contribution in [3.05, 3.63) is 45.3 Å². The van der Waals surface area contributed by atoms with E-state index in [0.29, 0.717) is 16.4 Å². The Morgan fingerprint density at radius 3 is 2.86 bits per heavy atom. The standard InChI is InChI=1S/C13H14ClN5O2/c1-2-5-15-12-9(14)6-8(7-16-12)13(21)17-10-3-4-11(20)19-18-10/h3-4,6-7H,2,5H2,1H3,(H,15,16)(H,19,20)(H,17,18,21). The lowest BCUT2D eigenvalue weighted by atomic mass is 10.2. The summed E-state index contributed by atoms with van der Waals surface area (Å²) < 4.78 is 0. The molecule has 2 aromatic heterocycles. The fourth-order valence-corrected chi connectivity index (χ4v) is 1.77. The fraction of sp³-hybridized carbons (Fsp3) is 0.231. The van der Waals surface area contributed by atoms with Gasteiger partial charge in [0, 0.05) is 18.8 Å². The summed E-state index contributed by atoms with van der Waals surface area (Å²) in [6.45, 7) is 2.78. The first-order valence-corrected chi connectivity index (χ1v) is 6.74. The van der Waals surface area contributed by atoms with Crippen LogP contribution in [0.25, 0.3) is 0 Å². The van der Waals surface area contributed by atoms with E-state index in [1.165, 1.54) is 24.4 Å². The van der Waals surface area contributed by atoms with E-state index >= 15 is 0 Å². The molecule has 0 atom stereocenters. The second-order valence-electron chi connectivity index (χ2n) is 4.24. The number of aromatic amines is 1. The topological polar surface area (TPSA) is 99.8 Å². The van der Waals surface area contributed by atoms with Gasteiger partial charge in [0.2, 0.25) is 0 Å². The molecule has 0 saturated heterocycles. The molecule has 110 valence electrons. The lowest BCUT2D eigenvalue weighted by molar-refractivity contribution is 0.102. The number of anilines is 2. The zero-order valence-corrected chi connectivity index (χ0v) is 12.1. The largest absolute Gasteiger partial charge is 0.369 e. The average Bonchev–Trinajstić information content (AvgIpc) is 2.48. The minimum atomic E-state index is -0.411. The molecule has 7 nitrogen and oxygen atoms in total. The van der Waals surface area contributed by atoms with E-state index in [1.807, 2.05) is 6.92 Å². The van der Waals surface area contributed by atoms with Crippen molar-refractivity contribution in [3.8, 4) is 0 Å². The highest BCUT2D eigenvalue weighted by Gasteiger charge is 2.10. The third-order valence-corrected chi connectivity index (χ3v) is 2.85. The number of pyridine rings is 1. The van der Waals surface area contributed by atoms with Crippen LogP contribution in [0.2, 0.25) is 5.02 Å². The highest BCUT2D eigenvalue weighted by atomic mass is 35.5. The zero-order valence-electron chi connectivity index (χ0n) is 11.3. The lowest BCUT2D eigenvalue weighted by Gasteiger charge is -2.08. The van der Waals surface area contributed by atoms with Crippen molar-refractivity contribution < 1.29 is 4.79 Å². The van der Waals surface area contributed by atoms with E-state index in [9.17, 15) is 9.59 Å². The van der Waals surface area contributed by atoms with Gasteiger partial charge in [0.25, 0.3) is 11.5 Å². The average molecular weight is 308 g/mol. The van der Waals surface area contributed by atoms with Crippen molar-refractivity contribution >= 4 is 29.1 Å². The Hall–Kier alpha value is -2.41. The van der Waals surface area contributed by atoms with Crippen molar-refractivity contribution in [1.29, 1.82) is 0 Å². The summed E-state index contributed by atoms with van der Waals surface area (Å²) in [4.78, 5) is 27.0. The molecule has 0 radical (unpaired) electrons. The summed E-state index contributed by atoms with van der Waals surface area (Å²) in [5.41, 5.74) is -0.0425. The number of H-pyrrole nitrogens is 1. The maximum Gasteiger partial charge on any atom is 0.264 e. The van der Waals surface area contributed by atoms with Crippen LogP contribution in [-0.2, 0) is 0 Å². The summed E-state index contributed by atoms with van der Waals surface area (Å²) in [5, 5.41) is 11.9. The molecule has 2 aromatic rings. The third-order valence-electron chi connectivity index (χ3n) is 2.57. The van der Waals surface area contributed by atoms with Crippen LogP contribution in [0.4, 0.5) is 11.6 Å². The van der Waals surface area contributed by atoms with Crippen molar-refractivity contribution in [1.82, 2.24) is 15.2 Å². The highest BCUT2D eigenvalue weighted by molar-refractivity contribution is 6.33. The predicted octanol–water partition coefficient (Wildman–Crippen LogP) is 1.89. The van der Waals surface area contributed by atoms with Gasteiger partial charge in [-0.2, -0.15) is 5.10 Å². The minimum absolute atomic E-state index is 0.240. The normalized spacial score (nSPS) is 10.2. The molecular formula is C13H14ClN5O2. The molecule has 2 rings (SSSR count). The number of hydrogen-bond donors (Lipinski definition) is 3. The molecule has 0 aliphatic carbocycles. The Balaban J connectivity index is 2.10. The Kier molecular flexibility index (Phi) is 4.89. The van der Waals surface area contributed by atoms with Gasteiger partial charge >= 0.3 is 0 Å². The van der Waals surface area contributed by atoms with Gasteiger partial charge in [-0.3, -0.25) is 9.59 Å². The third kappa shape index (κ3) is 4.03. The maximum atomic E-state index is 12.0. The molecule has 0 aliphatic rings. The summed E-state index contributed by atoms with van der Waals surface area (Å²) in [5.74, 6) is 0.368. The summed E-state index contributed by atoms with van der Waals surface area (Å²) in [6.07, 6.45) is 2.36. The van der Waals surface area contributed by atoms with Crippen LogP contribution in [0.3, 0.4) is 0 Å². The van der Waals surface area contributed by atoms with E-state index in [1.54, 1.807) is 0 Å². The summed E-state index contributed by atoms with van der Waals surface area (Å²) in [7, 11) is 0. The molecule has 0 aromatic carbocycles. The molecule has 0 bridgehead atoms. The molecule has 8 heteroatoms. The molecule has 2 heterocycles. The zero-order chi connectivity index (χ0) is 15.2. The van der Waals surface area contributed by atoms with E-state index in [0.717, 1.165) is 13.0 Å². The SMILES string of the molecule is CCCNc1ncc(C(=O)Nc2ccc(=O)[nH]n2)cc1Cl. The van der Waals surface area contributed by atoms with Gasteiger partial charge in [-0.15, -0.1) is 0 Å². The molecule has 3 N–H and O–H groups in total. The van der Waals surface area contributed by atoms with E-state index in [2.05, 4.69) is 25.8 Å². The van der Waals surface area contributed by atoms with Gasteiger partial charge < -0.3 is 10.6 Å². The van der Waals surface area contributed by atoms with Gasteiger partial charge in [-0.1, -0.05) is 18.5 Å². The first kappa shape index (κ1) is 15.0. The van der Waals surface area contributed by atoms with Crippen LogP contribution in [0.15, 0.2) is 29.2 Å². The molecule has 1 amide bonds. The van der Waals surface area contributed by atoms with Crippen LogP contribution in [0.1, 0.15) is 23.7 Å². The van der Waals surface area contributed by atoms with E-state index < -0.39 is 5.91 Å². The molecule has 0 unspecified atom stereocenters. The van der Waals surface area contributed by atoms with E-state index in [4.69, 9.17) is 11.6 Å². The van der Waals surface area contributed by atoms with Crippen molar-refractivity contribution in [2.24, 2.45) is 0 Å². The Bertz CT molecular complexity index is 681. The number of carbonyl (C=O) groups is 1. The van der Waals surface area contributed by atoms with Crippen molar-refractivity contribution in [2.45, 2.75) is 13.3 Å². The van der Waals surface area contributed by atoms with Crippen molar-refractivity contribution in [3.63, 3.8) is 0 Å². The fourth-order valence-electron chi connectivity index (χ4n) is 1.54. The second-order valence-corrected chi connectivity index (χ2v) is 4.65. The molecular weight excluding hydrogens is 294 g/mol. The van der Waals surface area contributed by atoms with Crippen molar-refractivity contribution in [2.75, 3.05) is 17.2 Å². The Morgan fingerprint density at radius 2 is 2.24 bits per heavy atom. The number of halogens is 1. The van der Waals surface area contributed by atoms with Gasteiger partial charge in [0.1, 0.15) is 5.82 Å². The van der Waals surface area contributed by atoms with Crippen LogP contribution in [-0.4, -0.2) is 27.6 Å². The maximum absolute atomic E-state index is 12.0. The predicted molar refractivity (Wildman–Crippen MR) is 80.8 cm³/mol. The van der Waals surface area contributed by atoms with Gasteiger partial charge in [0.05, 0.1) is 10.6 Å². The number of rotatable bonds is 5. The summed E-state index contributed by atoms with van der Waals surface area (Å²) >= 11 is 6.06. The first-order valence-electron chi connectivity index (χ1n) is 6.36. The van der Waals surface area contributed by atoms with Crippen LogP contribution >= 0.6 is 11.6 Å². The van der Waals surface area contributed by atoms with Crippen LogP contribution in [0, 0.1) is 0 Å².